The molecule has 0 unspecified atom stereocenters. The molecule has 7 heteroatoms. The van der Waals surface area contributed by atoms with Gasteiger partial charge in [0.05, 0.1) is 24.7 Å². The van der Waals surface area contributed by atoms with E-state index >= 15 is 0 Å². The minimum atomic E-state index is -0.172. The number of ether oxygens (including phenoxy) is 1. The number of anilines is 2. The molecule has 29 heavy (non-hydrogen) atoms. The Kier molecular flexibility index (Phi) is 5.97. The van der Waals surface area contributed by atoms with Gasteiger partial charge in [-0.25, -0.2) is 0 Å². The summed E-state index contributed by atoms with van der Waals surface area (Å²) in [5, 5.41) is 6.80. The van der Waals surface area contributed by atoms with Crippen LogP contribution in [0.25, 0.3) is 10.9 Å². The summed E-state index contributed by atoms with van der Waals surface area (Å²) >= 11 is 0. The lowest BCUT2D eigenvalue weighted by molar-refractivity contribution is -0.128. The van der Waals surface area contributed by atoms with Gasteiger partial charge in [-0.15, -0.1) is 0 Å². The standard InChI is InChI=1S/C22H24N4O3/c1-23-22(28)14-5-10-19-18(11-14)20(12-16(25-19)13-21(27)26(2)3)24-15-6-8-17(29-4)9-7-15/h5-12H,13H2,1-4H3,(H,23,28)(H,24,25). The number of aromatic nitrogens is 1. The molecule has 7 nitrogen and oxygen atoms in total. The summed E-state index contributed by atoms with van der Waals surface area (Å²) < 4.78 is 5.20. The van der Waals surface area contributed by atoms with Crippen molar-refractivity contribution >= 4 is 34.1 Å². The Morgan fingerprint density at radius 3 is 2.41 bits per heavy atom. The predicted molar refractivity (Wildman–Crippen MR) is 114 cm³/mol. The quantitative estimate of drug-likeness (QED) is 0.674. The summed E-state index contributed by atoms with van der Waals surface area (Å²) in [5.41, 5.74) is 3.52. The van der Waals surface area contributed by atoms with E-state index in [0.717, 1.165) is 22.5 Å². The lowest BCUT2D eigenvalue weighted by atomic mass is 10.1. The number of fused-ring (bicyclic) bond motifs is 1. The van der Waals surface area contributed by atoms with Gasteiger partial charge in [-0.2, -0.15) is 0 Å². The van der Waals surface area contributed by atoms with Crippen molar-refractivity contribution in [1.82, 2.24) is 15.2 Å². The molecule has 2 aromatic carbocycles. The van der Waals surface area contributed by atoms with Gasteiger partial charge in [0.1, 0.15) is 5.75 Å². The Morgan fingerprint density at radius 2 is 1.79 bits per heavy atom. The zero-order valence-electron chi connectivity index (χ0n) is 16.9. The van der Waals surface area contributed by atoms with E-state index in [-0.39, 0.29) is 18.2 Å². The fourth-order valence-electron chi connectivity index (χ4n) is 2.90. The van der Waals surface area contributed by atoms with Crippen LogP contribution in [0.4, 0.5) is 11.4 Å². The lowest BCUT2D eigenvalue weighted by Gasteiger charge is -2.15. The van der Waals surface area contributed by atoms with Crippen LogP contribution in [-0.4, -0.2) is 50.0 Å². The van der Waals surface area contributed by atoms with Crippen LogP contribution in [0.15, 0.2) is 48.5 Å². The molecule has 0 fully saturated rings. The number of carbonyl (C=O) groups excluding carboxylic acids is 2. The van der Waals surface area contributed by atoms with Crippen LogP contribution in [0.1, 0.15) is 16.1 Å². The maximum atomic E-state index is 12.2. The monoisotopic (exact) mass is 392 g/mol. The molecule has 2 N–H and O–H groups in total. The van der Waals surface area contributed by atoms with Crippen LogP contribution in [0, 0.1) is 0 Å². The number of benzene rings is 2. The molecular formula is C22H24N4O3. The highest BCUT2D eigenvalue weighted by Gasteiger charge is 2.13. The van der Waals surface area contributed by atoms with E-state index in [2.05, 4.69) is 15.6 Å². The molecule has 0 aliphatic rings. The van der Waals surface area contributed by atoms with Crippen molar-refractivity contribution in [3.63, 3.8) is 0 Å². The van der Waals surface area contributed by atoms with Crippen LogP contribution < -0.4 is 15.4 Å². The molecule has 0 spiro atoms. The van der Waals surface area contributed by atoms with Crippen molar-refractivity contribution < 1.29 is 14.3 Å². The van der Waals surface area contributed by atoms with Gasteiger partial charge in [0.2, 0.25) is 5.91 Å². The maximum absolute atomic E-state index is 12.2. The second-order valence-electron chi connectivity index (χ2n) is 6.79. The van der Waals surface area contributed by atoms with E-state index in [1.54, 1.807) is 46.5 Å². The molecule has 3 rings (SSSR count). The van der Waals surface area contributed by atoms with E-state index in [1.807, 2.05) is 30.3 Å². The molecule has 0 aliphatic heterocycles. The molecule has 0 radical (unpaired) electrons. The highest BCUT2D eigenvalue weighted by molar-refractivity contribution is 6.01. The number of pyridine rings is 1. The first-order valence-corrected chi connectivity index (χ1v) is 9.18. The SMILES string of the molecule is CNC(=O)c1ccc2nc(CC(=O)N(C)C)cc(Nc3ccc(OC)cc3)c2c1. The number of hydrogen-bond donors (Lipinski definition) is 2. The molecule has 3 aromatic rings. The fraction of sp³-hybridized carbons (Fsp3) is 0.227. The minimum Gasteiger partial charge on any atom is -0.497 e. The third kappa shape index (κ3) is 4.63. The molecule has 150 valence electrons. The Bertz CT molecular complexity index is 1050. The van der Waals surface area contributed by atoms with Crippen molar-refractivity contribution in [3.05, 3.63) is 59.8 Å². The molecule has 0 saturated carbocycles. The highest BCUT2D eigenvalue weighted by atomic mass is 16.5. The molecular weight excluding hydrogens is 368 g/mol. The van der Waals surface area contributed by atoms with Gasteiger partial charge < -0.3 is 20.3 Å². The number of nitrogens with zero attached hydrogens (tertiary/aromatic N) is 2. The second-order valence-corrected chi connectivity index (χ2v) is 6.79. The molecule has 0 saturated heterocycles. The number of nitrogens with one attached hydrogen (secondary N) is 2. The summed E-state index contributed by atoms with van der Waals surface area (Å²) in [4.78, 5) is 30.4. The van der Waals surface area contributed by atoms with E-state index in [1.165, 1.54) is 4.90 Å². The first kappa shape index (κ1) is 20.1. The molecule has 0 atom stereocenters. The third-order valence-corrected chi connectivity index (χ3v) is 4.55. The first-order valence-electron chi connectivity index (χ1n) is 9.18. The van der Waals surface area contributed by atoms with Gasteiger partial charge in [0.25, 0.3) is 5.91 Å². The summed E-state index contributed by atoms with van der Waals surface area (Å²) in [6, 6.07) is 14.7. The zero-order valence-corrected chi connectivity index (χ0v) is 16.9. The van der Waals surface area contributed by atoms with Gasteiger partial charge in [0, 0.05) is 43.5 Å². The topological polar surface area (TPSA) is 83.6 Å². The van der Waals surface area contributed by atoms with Gasteiger partial charge in [-0.05, 0) is 48.5 Å². The first-order chi connectivity index (χ1) is 13.9. The minimum absolute atomic E-state index is 0.0331. The molecule has 1 heterocycles. The molecule has 1 aromatic heterocycles. The summed E-state index contributed by atoms with van der Waals surface area (Å²) in [5.74, 6) is 0.553. The zero-order chi connectivity index (χ0) is 21.0. The average Bonchev–Trinajstić information content (AvgIpc) is 2.73. The molecule has 2 amide bonds. The lowest BCUT2D eigenvalue weighted by Crippen LogP contribution is -2.24. The Labute approximate surface area is 169 Å². The molecule has 0 bridgehead atoms. The van der Waals surface area contributed by atoms with Crippen LogP contribution >= 0.6 is 0 Å². The number of likely N-dealkylation sites (N-methyl/N-ethyl adjacent to an activating group) is 1. The van der Waals surface area contributed by atoms with Gasteiger partial charge in [-0.1, -0.05) is 0 Å². The largest absolute Gasteiger partial charge is 0.497 e. The van der Waals surface area contributed by atoms with Crippen molar-refractivity contribution in [2.45, 2.75) is 6.42 Å². The van der Waals surface area contributed by atoms with Crippen molar-refractivity contribution in [2.24, 2.45) is 0 Å². The van der Waals surface area contributed by atoms with Crippen LogP contribution in [0.3, 0.4) is 0 Å². The third-order valence-electron chi connectivity index (χ3n) is 4.55. The normalized spacial score (nSPS) is 10.5. The van der Waals surface area contributed by atoms with Crippen molar-refractivity contribution in [3.8, 4) is 5.75 Å². The fourth-order valence-corrected chi connectivity index (χ4v) is 2.90. The second kappa shape index (κ2) is 8.60. The predicted octanol–water partition coefficient (Wildman–Crippen LogP) is 2.98. The van der Waals surface area contributed by atoms with E-state index in [4.69, 9.17) is 4.74 Å². The number of hydrogen-bond acceptors (Lipinski definition) is 5. The van der Waals surface area contributed by atoms with Crippen LogP contribution in [-0.2, 0) is 11.2 Å². The van der Waals surface area contributed by atoms with Gasteiger partial charge >= 0.3 is 0 Å². The number of carbonyl (C=O) groups is 2. The van der Waals surface area contributed by atoms with Crippen molar-refractivity contribution in [1.29, 1.82) is 0 Å². The van der Waals surface area contributed by atoms with Crippen LogP contribution in [0.5, 0.6) is 5.75 Å². The van der Waals surface area contributed by atoms with Crippen LogP contribution in [0.2, 0.25) is 0 Å². The van der Waals surface area contributed by atoms with E-state index in [0.29, 0.717) is 16.8 Å². The Morgan fingerprint density at radius 1 is 1.07 bits per heavy atom. The summed E-state index contributed by atoms with van der Waals surface area (Å²) in [6.07, 6.45) is 0.192. The van der Waals surface area contributed by atoms with Gasteiger partial charge in [0.15, 0.2) is 0 Å². The average molecular weight is 392 g/mol. The van der Waals surface area contributed by atoms with E-state index < -0.39 is 0 Å². The van der Waals surface area contributed by atoms with E-state index in [9.17, 15) is 9.59 Å². The number of rotatable bonds is 6. The van der Waals surface area contributed by atoms with Gasteiger partial charge in [-0.3, -0.25) is 14.6 Å². The van der Waals surface area contributed by atoms with Crippen molar-refractivity contribution in [2.75, 3.05) is 33.6 Å². The Balaban J connectivity index is 2.07. The Hall–Kier alpha value is -3.61. The number of methoxy groups -OCH3 is 1. The molecule has 0 aliphatic carbocycles. The summed E-state index contributed by atoms with van der Waals surface area (Å²) in [7, 11) is 6.65. The maximum Gasteiger partial charge on any atom is 0.251 e. The highest BCUT2D eigenvalue weighted by Crippen LogP contribution is 2.29. The number of amides is 2. The summed E-state index contributed by atoms with van der Waals surface area (Å²) in [6.45, 7) is 0. The smallest absolute Gasteiger partial charge is 0.251 e.